The van der Waals surface area contributed by atoms with Crippen LogP contribution in [0, 0.1) is 0 Å². The minimum absolute atomic E-state index is 0.144. The minimum atomic E-state index is -0.144. The van der Waals surface area contributed by atoms with E-state index in [1.165, 1.54) is 5.56 Å². The predicted octanol–water partition coefficient (Wildman–Crippen LogP) is 3.88. The number of carbonyl (C=O) groups excluding carboxylic acids is 1. The maximum Gasteiger partial charge on any atom is 0.272 e. The fourth-order valence-electron chi connectivity index (χ4n) is 2.23. The molecule has 2 N–H and O–H groups in total. The van der Waals surface area contributed by atoms with Gasteiger partial charge in [0.2, 0.25) is 0 Å². The molecule has 0 aliphatic heterocycles. The molecule has 0 atom stereocenters. The van der Waals surface area contributed by atoms with Gasteiger partial charge in [0.1, 0.15) is 0 Å². The Balaban J connectivity index is 1.45. The summed E-state index contributed by atoms with van der Waals surface area (Å²) in [7, 11) is 0. The number of hydrogen-bond acceptors (Lipinski definition) is 3. The summed E-state index contributed by atoms with van der Waals surface area (Å²) >= 11 is 7.63. The number of benzene rings is 2. The summed E-state index contributed by atoms with van der Waals surface area (Å²) in [4.78, 5) is 12.2. The van der Waals surface area contributed by atoms with Gasteiger partial charge in [-0.25, -0.2) is 0 Å². The Morgan fingerprint density at radius 1 is 1.17 bits per heavy atom. The minimum Gasteiger partial charge on any atom is -0.350 e. The average molecular weight is 346 g/mol. The monoisotopic (exact) mass is 345 g/mol. The van der Waals surface area contributed by atoms with Crippen molar-refractivity contribution in [1.29, 1.82) is 0 Å². The first-order valence-electron chi connectivity index (χ1n) is 7.27. The van der Waals surface area contributed by atoms with Gasteiger partial charge in [-0.15, -0.1) is 0 Å². The summed E-state index contributed by atoms with van der Waals surface area (Å²) < 4.78 is 0. The summed E-state index contributed by atoms with van der Waals surface area (Å²) in [5.74, 6) is 1.60. The molecule has 0 bridgehead atoms. The molecule has 0 fully saturated rings. The Hall–Kier alpha value is -1.98. The van der Waals surface area contributed by atoms with Crippen LogP contribution in [0.2, 0.25) is 5.02 Å². The highest BCUT2D eigenvalue weighted by Crippen LogP contribution is 2.16. The van der Waals surface area contributed by atoms with Gasteiger partial charge >= 0.3 is 0 Å². The topological polar surface area (TPSA) is 57.8 Å². The van der Waals surface area contributed by atoms with Gasteiger partial charge in [-0.3, -0.25) is 9.89 Å². The van der Waals surface area contributed by atoms with E-state index in [0.29, 0.717) is 12.2 Å². The van der Waals surface area contributed by atoms with E-state index in [1.54, 1.807) is 11.8 Å². The average Bonchev–Trinajstić information content (AvgIpc) is 3.00. The molecule has 2 aromatic carbocycles. The van der Waals surface area contributed by atoms with Gasteiger partial charge < -0.3 is 5.32 Å². The van der Waals surface area contributed by atoms with E-state index in [2.05, 4.69) is 15.5 Å². The van der Waals surface area contributed by atoms with E-state index in [-0.39, 0.29) is 5.91 Å². The Bertz CT molecular complexity index is 801. The molecule has 4 nitrogen and oxygen atoms in total. The number of thioether (sulfide) groups is 1. The van der Waals surface area contributed by atoms with E-state index < -0.39 is 0 Å². The van der Waals surface area contributed by atoms with Crippen LogP contribution < -0.4 is 5.32 Å². The SMILES string of the molecule is O=C(NCCSCc1ccc(Cl)cc1)c1n[nH]c2ccccc12. The zero-order valence-corrected chi connectivity index (χ0v) is 14.0. The number of para-hydroxylation sites is 1. The van der Waals surface area contributed by atoms with Crippen molar-refractivity contribution in [3.8, 4) is 0 Å². The van der Waals surface area contributed by atoms with Crippen molar-refractivity contribution in [2.75, 3.05) is 12.3 Å². The van der Waals surface area contributed by atoms with Crippen LogP contribution in [0.5, 0.6) is 0 Å². The third kappa shape index (κ3) is 4.06. The van der Waals surface area contributed by atoms with Crippen LogP contribution in [0.1, 0.15) is 16.1 Å². The number of halogens is 1. The molecule has 118 valence electrons. The van der Waals surface area contributed by atoms with Gasteiger partial charge in [0.05, 0.1) is 5.52 Å². The molecule has 0 saturated carbocycles. The standard InChI is InChI=1S/C17H16ClN3OS/c18-13-7-5-12(6-8-13)11-23-10-9-19-17(22)16-14-3-1-2-4-15(14)20-21-16/h1-8H,9-11H2,(H,19,22)(H,20,21). The highest BCUT2D eigenvalue weighted by atomic mass is 35.5. The quantitative estimate of drug-likeness (QED) is 0.666. The highest BCUT2D eigenvalue weighted by molar-refractivity contribution is 7.98. The van der Waals surface area contributed by atoms with E-state index in [1.807, 2.05) is 48.5 Å². The van der Waals surface area contributed by atoms with Crippen LogP contribution in [0.15, 0.2) is 48.5 Å². The number of aromatic nitrogens is 2. The number of nitrogens with zero attached hydrogens (tertiary/aromatic N) is 1. The van der Waals surface area contributed by atoms with Crippen LogP contribution in [-0.2, 0) is 5.75 Å². The number of aromatic amines is 1. The van der Waals surface area contributed by atoms with Crippen LogP contribution >= 0.6 is 23.4 Å². The van der Waals surface area contributed by atoms with Gasteiger partial charge in [-0.05, 0) is 23.8 Å². The lowest BCUT2D eigenvalue weighted by Gasteiger charge is -2.04. The number of fused-ring (bicyclic) bond motifs is 1. The fraction of sp³-hybridized carbons (Fsp3) is 0.176. The maximum atomic E-state index is 12.2. The summed E-state index contributed by atoms with van der Waals surface area (Å²) in [6.07, 6.45) is 0. The normalized spacial score (nSPS) is 10.8. The molecule has 3 rings (SSSR count). The lowest BCUT2D eigenvalue weighted by molar-refractivity contribution is 0.0953. The Morgan fingerprint density at radius 2 is 1.96 bits per heavy atom. The van der Waals surface area contributed by atoms with Gasteiger partial charge in [-0.1, -0.05) is 41.9 Å². The van der Waals surface area contributed by atoms with Crippen molar-refractivity contribution in [1.82, 2.24) is 15.5 Å². The smallest absolute Gasteiger partial charge is 0.272 e. The molecule has 0 saturated heterocycles. The van der Waals surface area contributed by atoms with Crippen molar-refractivity contribution >= 4 is 40.2 Å². The Morgan fingerprint density at radius 3 is 2.78 bits per heavy atom. The van der Waals surface area contributed by atoms with Crippen molar-refractivity contribution in [3.63, 3.8) is 0 Å². The molecule has 1 heterocycles. The number of rotatable bonds is 6. The molecule has 1 amide bonds. The number of H-pyrrole nitrogens is 1. The van der Waals surface area contributed by atoms with E-state index in [0.717, 1.165) is 27.4 Å². The van der Waals surface area contributed by atoms with Crippen molar-refractivity contribution in [2.24, 2.45) is 0 Å². The van der Waals surface area contributed by atoms with Gasteiger partial charge in [0.25, 0.3) is 5.91 Å². The third-order valence-electron chi connectivity index (χ3n) is 3.40. The van der Waals surface area contributed by atoms with Crippen LogP contribution in [-0.4, -0.2) is 28.4 Å². The molecule has 1 aromatic heterocycles. The Kier molecular flexibility index (Phi) is 5.20. The van der Waals surface area contributed by atoms with Crippen molar-refractivity contribution in [2.45, 2.75) is 5.75 Å². The second kappa shape index (κ2) is 7.53. The number of carbonyl (C=O) groups is 1. The molecule has 0 radical (unpaired) electrons. The number of nitrogens with one attached hydrogen (secondary N) is 2. The second-order valence-corrected chi connectivity index (χ2v) is 6.59. The first-order valence-corrected chi connectivity index (χ1v) is 8.81. The molecule has 0 aliphatic carbocycles. The summed E-state index contributed by atoms with van der Waals surface area (Å²) in [5.41, 5.74) is 2.54. The predicted molar refractivity (Wildman–Crippen MR) is 96.0 cm³/mol. The molecule has 0 spiro atoms. The number of amides is 1. The second-order valence-electron chi connectivity index (χ2n) is 5.05. The van der Waals surface area contributed by atoms with Gasteiger partial charge in [-0.2, -0.15) is 16.9 Å². The van der Waals surface area contributed by atoms with Gasteiger partial charge in [0, 0.05) is 28.5 Å². The van der Waals surface area contributed by atoms with Crippen LogP contribution in [0.3, 0.4) is 0 Å². The summed E-state index contributed by atoms with van der Waals surface area (Å²) in [6, 6.07) is 15.4. The first-order chi connectivity index (χ1) is 11.2. The zero-order valence-electron chi connectivity index (χ0n) is 12.4. The molecule has 6 heteroatoms. The van der Waals surface area contributed by atoms with E-state index >= 15 is 0 Å². The lowest BCUT2D eigenvalue weighted by atomic mass is 10.2. The highest BCUT2D eigenvalue weighted by Gasteiger charge is 2.12. The van der Waals surface area contributed by atoms with Crippen molar-refractivity contribution in [3.05, 3.63) is 64.8 Å². The summed E-state index contributed by atoms with van der Waals surface area (Å²) in [5, 5.41) is 11.5. The Labute approximate surface area is 143 Å². The first kappa shape index (κ1) is 15.9. The largest absolute Gasteiger partial charge is 0.350 e. The van der Waals surface area contributed by atoms with Crippen molar-refractivity contribution < 1.29 is 4.79 Å². The van der Waals surface area contributed by atoms with Crippen LogP contribution in [0.25, 0.3) is 10.9 Å². The third-order valence-corrected chi connectivity index (χ3v) is 4.68. The number of hydrogen-bond donors (Lipinski definition) is 2. The van der Waals surface area contributed by atoms with Gasteiger partial charge in [0.15, 0.2) is 5.69 Å². The molecular formula is C17H16ClN3OS. The molecule has 0 unspecified atom stereocenters. The van der Waals surface area contributed by atoms with E-state index in [4.69, 9.17) is 11.6 Å². The molecule has 3 aromatic rings. The maximum absolute atomic E-state index is 12.2. The molecule has 0 aliphatic rings. The molecular weight excluding hydrogens is 330 g/mol. The zero-order chi connectivity index (χ0) is 16.1. The fourth-order valence-corrected chi connectivity index (χ4v) is 3.17. The van der Waals surface area contributed by atoms with E-state index in [9.17, 15) is 4.79 Å². The summed E-state index contributed by atoms with van der Waals surface area (Å²) in [6.45, 7) is 0.609. The lowest BCUT2D eigenvalue weighted by Crippen LogP contribution is -2.26. The van der Waals surface area contributed by atoms with Crippen LogP contribution in [0.4, 0.5) is 0 Å². The molecule has 23 heavy (non-hydrogen) atoms.